The maximum atomic E-state index is 4.77. The van der Waals surface area contributed by atoms with Gasteiger partial charge in [-0.1, -0.05) is 37.0 Å². The number of hydrogen-bond donors (Lipinski definition) is 0. The van der Waals surface area contributed by atoms with E-state index < -0.39 is 0 Å². The largest absolute Gasteiger partial charge is 0.364 e. The first-order chi connectivity index (χ1) is 6.25. The van der Waals surface area contributed by atoms with Crippen LogP contribution in [0.3, 0.4) is 0 Å². The summed E-state index contributed by atoms with van der Waals surface area (Å²) in [7, 11) is 0. The third kappa shape index (κ3) is 2.00. The molecule has 0 fully saturated rings. The molecule has 1 aromatic carbocycles. The Balaban J connectivity index is 2.53. The molecule has 4 heteroatoms. The standard InChI is InChI=1S/C9H5Br2NO/c10-7-3-6(4-8(11)5-7)9-1-2-13-12-9/h1-5H. The molecule has 0 saturated carbocycles. The predicted molar refractivity (Wildman–Crippen MR) is 57.3 cm³/mol. The molecule has 0 aliphatic heterocycles. The average molecular weight is 303 g/mol. The van der Waals surface area contributed by atoms with Crippen LogP contribution in [-0.4, -0.2) is 5.16 Å². The van der Waals surface area contributed by atoms with Crippen molar-refractivity contribution in [3.63, 3.8) is 0 Å². The van der Waals surface area contributed by atoms with Crippen LogP contribution in [0, 0.1) is 0 Å². The highest BCUT2D eigenvalue weighted by molar-refractivity contribution is 9.11. The fourth-order valence-electron chi connectivity index (χ4n) is 1.06. The van der Waals surface area contributed by atoms with E-state index in [0.29, 0.717) is 0 Å². The van der Waals surface area contributed by atoms with Crippen molar-refractivity contribution in [1.29, 1.82) is 0 Å². The van der Waals surface area contributed by atoms with Gasteiger partial charge in [-0.15, -0.1) is 0 Å². The lowest BCUT2D eigenvalue weighted by Crippen LogP contribution is -1.77. The zero-order valence-electron chi connectivity index (χ0n) is 6.50. The molecule has 0 bridgehead atoms. The summed E-state index contributed by atoms with van der Waals surface area (Å²) in [5.41, 5.74) is 1.86. The van der Waals surface area contributed by atoms with Crippen LogP contribution in [0.1, 0.15) is 0 Å². The van der Waals surface area contributed by atoms with E-state index in [-0.39, 0.29) is 0 Å². The molecular formula is C9H5Br2NO. The molecule has 0 amide bonds. The van der Waals surface area contributed by atoms with Crippen LogP contribution >= 0.6 is 31.9 Å². The molecule has 0 radical (unpaired) electrons. The van der Waals surface area contributed by atoms with Gasteiger partial charge in [0.25, 0.3) is 0 Å². The molecule has 13 heavy (non-hydrogen) atoms. The maximum absolute atomic E-state index is 4.77. The Morgan fingerprint density at radius 2 is 1.77 bits per heavy atom. The van der Waals surface area contributed by atoms with E-state index in [1.54, 1.807) is 6.26 Å². The van der Waals surface area contributed by atoms with E-state index in [1.165, 1.54) is 0 Å². The molecule has 2 rings (SSSR count). The third-order valence-corrected chi connectivity index (χ3v) is 2.51. The quantitative estimate of drug-likeness (QED) is 0.799. The summed E-state index contributed by atoms with van der Waals surface area (Å²) < 4.78 is 6.80. The first-order valence-electron chi connectivity index (χ1n) is 3.62. The SMILES string of the molecule is Brc1cc(Br)cc(-c2ccon2)c1. The van der Waals surface area contributed by atoms with Gasteiger partial charge in [0.2, 0.25) is 0 Å². The smallest absolute Gasteiger partial charge is 0.124 e. The van der Waals surface area contributed by atoms with Crippen molar-refractivity contribution in [3.05, 3.63) is 39.5 Å². The molecule has 1 heterocycles. The normalized spacial score (nSPS) is 10.3. The van der Waals surface area contributed by atoms with Gasteiger partial charge >= 0.3 is 0 Å². The number of halogens is 2. The summed E-state index contributed by atoms with van der Waals surface area (Å²) >= 11 is 6.82. The molecule has 0 N–H and O–H groups in total. The van der Waals surface area contributed by atoms with Crippen LogP contribution in [0.5, 0.6) is 0 Å². The second-order valence-electron chi connectivity index (χ2n) is 2.54. The summed E-state index contributed by atoms with van der Waals surface area (Å²) in [5.74, 6) is 0. The molecule has 0 aliphatic carbocycles. The highest BCUT2D eigenvalue weighted by Crippen LogP contribution is 2.26. The Labute approximate surface area is 92.2 Å². The Bertz CT molecular complexity index is 391. The minimum Gasteiger partial charge on any atom is -0.364 e. The molecule has 0 saturated heterocycles. The van der Waals surface area contributed by atoms with Crippen LogP contribution < -0.4 is 0 Å². The van der Waals surface area contributed by atoms with Gasteiger partial charge < -0.3 is 4.52 Å². The van der Waals surface area contributed by atoms with Crippen LogP contribution in [0.2, 0.25) is 0 Å². The molecule has 2 nitrogen and oxygen atoms in total. The van der Waals surface area contributed by atoms with E-state index in [9.17, 15) is 0 Å². The van der Waals surface area contributed by atoms with Crippen molar-refractivity contribution in [1.82, 2.24) is 5.16 Å². The third-order valence-electron chi connectivity index (χ3n) is 1.60. The number of aromatic nitrogens is 1. The molecule has 66 valence electrons. The lowest BCUT2D eigenvalue weighted by Gasteiger charge is -1.98. The van der Waals surface area contributed by atoms with Crippen LogP contribution in [0.15, 0.2) is 44.0 Å². The van der Waals surface area contributed by atoms with Gasteiger partial charge in [0.1, 0.15) is 12.0 Å². The van der Waals surface area contributed by atoms with Crippen molar-refractivity contribution in [2.75, 3.05) is 0 Å². The zero-order chi connectivity index (χ0) is 9.26. The average Bonchev–Trinajstić information content (AvgIpc) is 2.53. The van der Waals surface area contributed by atoms with Crippen molar-refractivity contribution >= 4 is 31.9 Å². The fourth-order valence-corrected chi connectivity index (χ4v) is 2.36. The van der Waals surface area contributed by atoms with Gasteiger partial charge in [-0.05, 0) is 18.2 Å². The van der Waals surface area contributed by atoms with Gasteiger partial charge in [0, 0.05) is 20.6 Å². The fraction of sp³-hybridized carbons (Fsp3) is 0. The molecule has 0 aliphatic rings. The predicted octanol–water partition coefficient (Wildman–Crippen LogP) is 3.87. The second kappa shape index (κ2) is 3.64. The monoisotopic (exact) mass is 301 g/mol. The van der Waals surface area contributed by atoms with Gasteiger partial charge in [-0.3, -0.25) is 0 Å². The van der Waals surface area contributed by atoms with Gasteiger partial charge in [-0.2, -0.15) is 0 Å². The number of rotatable bonds is 1. The van der Waals surface area contributed by atoms with Crippen LogP contribution in [0.4, 0.5) is 0 Å². The number of benzene rings is 1. The summed E-state index contributed by atoms with van der Waals surface area (Å²) in [6, 6.07) is 7.78. The van der Waals surface area contributed by atoms with E-state index in [2.05, 4.69) is 37.0 Å². The van der Waals surface area contributed by atoms with Crippen molar-refractivity contribution in [2.24, 2.45) is 0 Å². The summed E-state index contributed by atoms with van der Waals surface area (Å²) in [5, 5.41) is 3.85. The van der Waals surface area contributed by atoms with E-state index in [0.717, 1.165) is 20.2 Å². The first-order valence-corrected chi connectivity index (χ1v) is 5.21. The molecule has 1 aromatic heterocycles. The molecular weight excluding hydrogens is 298 g/mol. The highest BCUT2D eigenvalue weighted by atomic mass is 79.9. The van der Waals surface area contributed by atoms with E-state index in [1.807, 2.05) is 24.3 Å². The number of hydrogen-bond acceptors (Lipinski definition) is 2. The lowest BCUT2D eigenvalue weighted by molar-refractivity contribution is 0.422. The first kappa shape index (κ1) is 8.97. The van der Waals surface area contributed by atoms with E-state index in [4.69, 9.17) is 4.52 Å². The van der Waals surface area contributed by atoms with Gasteiger partial charge in [0.15, 0.2) is 0 Å². The molecule has 0 unspecified atom stereocenters. The Kier molecular flexibility index (Phi) is 2.51. The molecule has 2 aromatic rings. The van der Waals surface area contributed by atoms with Crippen LogP contribution in [-0.2, 0) is 0 Å². The molecule has 0 spiro atoms. The van der Waals surface area contributed by atoms with Gasteiger partial charge in [0.05, 0.1) is 0 Å². The maximum Gasteiger partial charge on any atom is 0.124 e. The lowest BCUT2D eigenvalue weighted by atomic mass is 10.2. The van der Waals surface area contributed by atoms with Crippen molar-refractivity contribution < 1.29 is 4.52 Å². The van der Waals surface area contributed by atoms with Crippen molar-refractivity contribution in [3.8, 4) is 11.3 Å². The minimum atomic E-state index is 0.835. The Morgan fingerprint density at radius 1 is 1.08 bits per heavy atom. The Hall–Kier alpha value is -0.610. The number of nitrogens with zero attached hydrogens (tertiary/aromatic N) is 1. The molecule has 0 atom stereocenters. The summed E-state index contributed by atoms with van der Waals surface area (Å²) in [6.07, 6.45) is 1.56. The van der Waals surface area contributed by atoms with Crippen LogP contribution in [0.25, 0.3) is 11.3 Å². The summed E-state index contributed by atoms with van der Waals surface area (Å²) in [4.78, 5) is 0. The second-order valence-corrected chi connectivity index (χ2v) is 4.37. The Morgan fingerprint density at radius 3 is 2.31 bits per heavy atom. The summed E-state index contributed by atoms with van der Waals surface area (Å²) in [6.45, 7) is 0. The van der Waals surface area contributed by atoms with E-state index >= 15 is 0 Å². The zero-order valence-corrected chi connectivity index (χ0v) is 9.67. The van der Waals surface area contributed by atoms with Crippen molar-refractivity contribution in [2.45, 2.75) is 0 Å². The minimum absolute atomic E-state index is 0.835. The van der Waals surface area contributed by atoms with Gasteiger partial charge in [-0.25, -0.2) is 0 Å². The highest BCUT2D eigenvalue weighted by Gasteiger charge is 2.02. The topological polar surface area (TPSA) is 26.0 Å².